The van der Waals surface area contributed by atoms with Crippen LogP contribution in [0.25, 0.3) is 0 Å². The Morgan fingerprint density at radius 2 is 1.70 bits per heavy atom. The Hall–Kier alpha value is -1.98. The molecule has 0 atom stereocenters. The first-order chi connectivity index (χ1) is 13.1. The fourth-order valence-electron chi connectivity index (χ4n) is 2.99. The average molecular weight is 404 g/mol. The topological polar surface area (TPSA) is 55.4 Å². The zero-order valence-electron chi connectivity index (χ0n) is 14.9. The molecule has 0 aliphatic heterocycles. The fourth-order valence-corrected chi connectivity index (χ4v) is 3.97. The Bertz CT molecular complexity index is 771. The normalized spacial score (nSPS) is 14.1. The van der Waals surface area contributed by atoms with Gasteiger partial charge < -0.3 is 10.1 Å². The smallest absolute Gasteiger partial charge is 0.338 e. The molecule has 0 spiro atoms. The molecule has 142 valence electrons. The first-order valence-electron chi connectivity index (χ1n) is 9.04. The number of esters is 1. The third-order valence-corrected chi connectivity index (χ3v) is 5.80. The van der Waals surface area contributed by atoms with Gasteiger partial charge in [-0.1, -0.05) is 36.6 Å². The number of amides is 1. The van der Waals surface area contributed by atoms with Crippen molar-refractivity contribution in [3.63, 3.8) is 0 Å². The number of nitrogens with one attached hydrogen (secondary N) is 1. The summed E-state index contributed by atoms with van der Waals surface area (Å²) in [6.45, 7) is -0.233. The van der Waals surface area contributed by atoms with Crippen LogP contribution in [0.5, 0.6) is 0 Å². The number of halogens is 1. The van der Waals surface area contributed by atoms with E-state index in [0.717, 1.165) is 46.9 Å². The van der Waals surface area contributed by atoms with Crippen molar-refractivity contribution < 1.29 is 14.3 Å². The van der Waals surface area contributed by atoms with Gasteiger partial charge in [-0.05, 0) is 54.8 Å². The number of hydrogen-bond donors (Lipinski definition) is 1. The second-order valence-corrected chi connectivity index (χ2v) is 8.05. The van der Waals surface area contributed by atoms with Crippen molar-refractivity contribution in [2.24, 2.45) is 0 Å². The average Bonchev–Trinajstić information content (AvgIpc) is 3.19. The van der Waals surface area contributed by atoms with Crippen LogP contribution in [-0.2, 0) is 15.3 Å². The first-order valence-corrected chi connectivity index (χ1v) is 10.4. The number of carbonyl (C=O) groups is 2. The zero-order chi connectivity index (χ0) is 19.1. The van der Waals surface area contributed by atoms with Crippen LogP contribution in [0.3, 0.4) is 0 Å². The van der Waals surface area contributed by atoms with Gasteiger partial charge in [0.15, 0.2) is 6.61 Å². The van der Waals surface area contributed by atoms with Crippen LogP contribution in [0, 0.1) is 0 Å². The molecule has 1 N–H and O–H groups in total. The van der Waals surface area contributed by atoms with Crippen LogP contribution in [0.1, 0.15) is 41.6 Å². The van der Waals surface area contributed by atoms with Crippen molar-refractivity contribution in [2.45, 2.75) is 42.4 Å². The lowest BCUT2D eigenvalue weighted by molar-refractivity contribution is -0.124. The summed E-state index contributed by atoms with van der Waals surface area (Å²) in [6, 6.07) is 15.2. The molecule has 1 aliphatic carbocycles. The Morgan fingerprint density at radius 3 is 2.37 bits per heavy atom. The van der Waals surface area contributed by atoms with Crippen LogP contribution in [-0.4, -0.2) is 24.5 Å². The van der Waals surface area contributed by atoms with Gasteiger partial charge in [0, 0.05) is 21.7 Å². The summed E-state index contributed by atoms with van der Waals surface area (Å²) < 4.78 is 5.11. The van der Waals surface area contributed by atoms with E-state index < -0.39 is 5.97 Å². The largest absolute Gasteiger partial charge is 0.452 e. The van der Waals surface area contributed by atoms with Gasteiger partial charge in [-0.25, -0.2) is 4.79 Å². The zero-order valence-corrected chi connectivity index (χ0v) is 16.5. The molecule has 3 rings (SSSR count). The van der Waals surface area contributed by atoms with Gasteiger partial charge in [-0.3, -0.25) is 4.79 Å². The van der Waals surface area contributed by atoms with E-state index in [9.17, 15) is 9.59 Å². The summed E-state index contributed by atoms with van der Waals surface area (Å²) in [5, 5.41) is 3.62. The Balaban J connectivity index is 1.43. The summed E-state index contributed by atoms with van der Waals surface area (Å²) in [5.74, 6) is 0.0838. The van der Waals surface area contributed by atoms with E-state index >= 15 is 0 Å². The molecule has 6 heteroatoms. The van der Waals surface area contributed by atoms with E-state index in [0.29, 0.717) is 5.56 Å². The molecule has 27 heavy (non-hydrogen) atoms. The number of benzene rings is 2. The van der Waals surface area contributed by atoms with E-state index in [1.54, 1.807) is 23.9 Å². The predicted molar refractivity (Wildman–Crippen MR) is 108 cm³/mol. The highest BCUT2D eigenvalue weighted by Crippen LogP contribution is 2.24. The highest BCUT2D eigenvalue weighted by molar-refractivity contribution is 7.98. The maximum Gasteiger partial charge on any atom is 0.338 e. The van der Waals surface area contributed by atoms with E-state index in [2.05, 4.69) is 5.32 Å². The van der Waals surface area contributed by atoms with Gasteiger partial charge in [0.25, 0.3) is 5.91 Å². The lowest BCUT2D eigenvalue weighted by atomic mass is 10.1. The van der Waals surface area contributed by atoms with Crippen molar-refractivity contribution in [3.8, 4) is 0 Å². The van der Waals surface area contributed by atoms with E-state index in [4.69, 9.17) is 16.3 Å². The highest BCUT2D eigenvalue weighted by atomic mass is 35.5. The molecule has 1 fully saturated rings. The second-order valence-electron chi connectivity index (χ2n) is 6.56. The molecule has 0 heterocycles. The van der Waals surface area contributed by atoms with E-state index in [1.165, 1.54) is 0 Å². The third kappa shape index (κ3) is 6.29. The minimum atomic E-state index is -0.478. The standard InChI is InChI=1S/C21H22ClNO3S/c22-17-9-11-19(12-10-17)27-14-15-5-7-16(8-6-15)21(25)26-13-20(24)23-18-3-1-2-4-18/h5-12,18H,1-4,13-14H2,(H,23,24). The minimum absolute atomic E-state index is 0.230. The van der Waals surface area contributed by atoms with Crippen molar-refractivity contribution in [3.05, 3.63) is 64.7 Å². The molecular weight excluding hydrogens is 382 g/mol. The van der Waals surface area contributed by atoms with Gasteiger partial charge in [-0.15, -0.1) is 11.8 Å². The summed E-state index contributed by atoms with van der Waals surface area (Å²) in [4.78, 5) is 25.1. The molecular formula is C21H22ClNO3S. The summed E-state index contributed by atoms with van der Waals surface area (Å²) >= 11 is 7.58. The predicted octanol–water partition coefficient (Wildman–Crippen LogP) is 4.85. The van der Waals surface area contributed by atoms with Crippen LogP contribution < -0.4 is 5.32 Å². The van der Waals surface area contributed by atoms with Crippen LogP contribution in [0.2, 0.25) is 5.02 Å². The maximum atomic E-state index is 12.1. The molecule has 2 aromatic rings. The molecule has 0 unspecified atom stereocenters. The summed E-state index contributed by atoms with van der Waals surface area (Å²) in [6.07, 6.45) is 4.31. The molecule has 1 amide bonds. The molecule has 0 bridgehead atoms. The highest BCUT2D eigenvalue weighted by Gasteiger charge is 2.18. The Kier molecular flexibility index (Phi) is 7.18. The van der Waals surface area contributed by atoms with Crippen LogP contribution >= 0.6 is 23.4 Å². The molecule has 0 saturated heterocycles. The lowest BCUT2D eigenvalue weighted by Crippen LogP contribution is -2.35. The minimum Gasteiger partial charge on any atom is -0.452 e. The lowest BCUT2D eigenvalue weighted by Gasteiger charge is -2.12. The second kappa shape index (κ2) is 9.81. The monoisotopic (exact) mass is 403 g/mol. The number of rotatable bonds is 7. The van der Waals surface area contributed by atoms with Gasteiger partial charge in [0.05, 0.1) is 5.56 Å². The van der Waals surface area contributed by atoms with Gasteiger partial charge in [0.2, 0.25) is 0 Å². The van der Waals surface area contributed by atoms with Crippen molar-refractivity contribution in [1.29, 1.82) is 0 Å². The Morgan fingerprint density at radius 1 is 1.04 bits per heavy atom. The van der Waals surface area contributed by atoms with Gasteiger partial charge in [-0.2, -0.15) is 0 Å². The molecule has 1 saturated carbocycles. The molecule has 0 aromatic heterocycles. The van der Waals surface area contributed by atoms with Gasteiger partial charge >= 0.3 is 5.97 Å². The molecule has 0 radical (unpaired) electrons. The number of thioether (sulfide) groups is 1. The van der Waals surface area contributed by atoms with E-state index in [1.807, 2.05) is 36.4 Å². The summed E-state index contributed by atoms with van der Waals surface area (Å²) in [7, 11) is 0. The van der Waals surface area contributed by atoms with Crippen molar-refractivity contribution in [2.75, 3.05) is 6.61 Å². The number of hydrogen-bond acceptors (Lipinski definition) is 4. The van der Waals surface area contributed by atoms with Crippen molar-refractivity contribution >= 4 is 35.2 Å². The molecule has 4 nitrogen and oxygen atoms in total. The number of ether oxygens (including phenoxy) is 1. The van der Waals surface area contributed by atoms with Crippen LogP contribution in [0.4, 0.5) is 0 Å². The molecule has 2 aromatic carbocycles. The van der Waals surface area contributed by atoms with Gasteiger partial charge in [0.1, 0.15) is 0 Å². The number of carbonyl (C=O) groups excluding carboxylic acids is 2. The fraction of sp³-hybridized carbons (Fsp3) is 0.333. The first kappa shape index (κ1) is 19.8. The third-order valence-electron chi connectivity index (χ3n) is 4.46. The summed E-state index contributed by atoms with van der Waals surface area (Å²) in [5.41, 5.74) is 1.55. The van der Waals surface area contributed by atoms with Crippen LogP contribution in [0.15, 0.2) is 53.4 Å². The SMILES string of the molecule is O=C(COC(=O)c1ccc(CSc2ccc(Cl)cc2)cc1)NC1CCCC1. The molecule has 1 aliphatic rings. The quantitative estimate of drug-likeness (QED) is 0.530. The maximum absolute atomic E-state index is 12.1. The Labute approximate surface area is 168 Å². The van der Waals surface area contributed by atoms with E-state index in [-0.39, 0.29) is 18.6 Å². The van der Waals surface area contributed by atoms with Crippen molar-refractivity contribution in [1.82, 2.24) is 5.32 Å².